The monoisotopic (exact) mass is 547 g/mol. The molecule has 3 aromatic carbocycles. The van der Waals surface area contributed by atoms with Crippen LogP contribution in [0.5, 0.6) is 5.75 Å². The molecule has 202 valence electrons. The molecular formula is C28H29ClF3N3O3. The van der Waals surface area contributed by atoms with Gasteiger partial charge in [0, 0.05) is 43.4 Å². The van der Waals surface area contributed by atoms with Crippen molar-refractivity contribution < 1.29 is 27.4 Å². The van der Waals surface area contributed by atoms with Gasteiger partial charge in [-0.05, 0) is 59.7 Å². The second-order valence-corrected chi connectivity index (χ2v) is 9.43. The molecule has 10 heteroatoms. The summed E-state index contributed by atoms with van der Waals surface area (Å²) in [5.74, 6) is 0.715. The molecule has 1 heterocycles. The van der Waals surface area contributed by atoms with Crippen molar-refractivity contribution in [2.24, 2.45) is 0 Å². The molecule has 0 radical (unpaired) electrons. The van der Waals surface area contributed by atoms with E-state index >= 15 is 0 Å². The highest BCUT2D eigenvalue weighted by molar-refractivity contribution is 6.30. The van der Waals surface area contributed by atoms with Crippen molar-refractivity contribution in [2.75, 3.05) is 45.2 Å². The van der Waals surface area contributed by atoms with Crippen LogP contribution in [0.4, 0.5) is 23.7 Å². The summed E-state index contributed by atoms with van der Waals surface area (Å²) in [4.78, 5) is 16.7. The number of nitrogens with one attached hydrogen (secondary N) is 1. The van der Waals surface area contributed by atoms with E-state index in [1.54, 1.807) is 48.4 Å². The summed E-state index contributed by atoms with van der Waals surface area (Å²) < 4.78 is 50.0. The normalized spacial score (nSPS) is 15.2. The van der Waals surface area contributed by atoms with Gasteiger partial charge < -0.3 is 19.7 Å². The number of anilines is 1. The van der Waals surface area contributed by atoms with Crippen LogP contribution >= 0.6 is 11.6 Å². The van der Waals surface area contributed by atoms with Crippen LogP contribution in [0.1, 0.15) is 22.8 Å². The van der Waals surface area contributed by atoms with Crippen molar-refractivity contribution in [3.63, 3.8) is 0 Å². The van der Waals surface area contributed by atoms with Crippen LogP contribution in [0, 0.1) is 0 Å². The number of piperazine rings is 1. The first-order chi connectivity index (χ1) is 18.2. The largest absolute Gasteiger partial charge is 0.497 e. The molecule has 1 aliphatic rings. The van der Waals surface area contributed by atoms with Gasteiger partial charge in [0.1, 0.15) is 5.75 Å². The number of urea groups is 1. The summed E-state index contributed by atoms with van der Waals surface area (Å²) >= 11 is 6.06. The fraction of sp³-hybridized carbons (Fsp3) is 0.321. The third-order valence-corrected chi connectivity index (χ3v) is 6.65. The minimum atomic E-state index is -4.38. The van der Waals surface area contributed by atoms with Crippen LogP contribution in [0.25, 0.3) is 0 Å². The minimum Gasteiger partial charge on any atom is -0.497 e. The maximum absolute atomic E-state index is 12.9. The first-order valence-corrected chi connectivity index (χ1v) is 12.5. The molecule has 4 rings (SSSR count). The topological polar surface area (TPSA) is 54.0 Å². The van der Waals surface area contributed by atoms with E-state index in [2.05, 4.69) is 10.2 Å². The summed E-state index contributed by atoms with van der Waals surface area (Å²) in [7, 11) is 1.59. The van der Waals surface area contributed by atoms with Gasteiger partial charge in [-0.25, -0.2) is 4.79 Å². The minimum absolute atomic E-state index is 0.162. The Morgan fingerprint density at radius 2 is 1.58 bits per heavy atom. The highest BCUT2D eigenvalue weighted by atomic mass is 35.5. The average molecular weight is 548 g/mol. The van der Waals surface area contributed by atoms with Gasteiger partial charge in [-0.1, -0.05) is 35.9 Å². The van der Waals surface area contributed by atoms with Crippen LogP contribution in [0.15, 0.2) is 72.8 Å². The van der Waals surface area contributed by atoms with E-state index in [-0.39, 0.29) is 18.7 Å². The Kier molecular flexibility index (Phi) is 9.14. The van der Waals surface area contributed by atoms with Crippen molar-refractivity contribution in [1.82, 2.24) is 9.80 Å². The molecule has 1 unspecified atom stereocenters. The number of amides is 2. The van der Waals surface area contributed by atoms with Gasteiger partial charge in [0.15, 0.2) is 0 Å². The lowest BCUT2D eigenvalue weighted by molar-refractivity contribution is -0.137. The van der Waals surface area contributed by atoms with Crippen LogP contribution in [0.3, 0.4) is 0 Å². The van der Waals surface area contributed by atoms with Crippen molar-refractivity contribution in [2.45, 2.75) is 18.9 Å². The Morgan fingerprint density at radius 3 is 2.16 bits per heavy atom. The molecular weight excluding hydrogens is 519 g/mol. The first kappa shape index (κ1) is 27.8. The van der Waals surface area contributed by atoms with E-state index in [0.29, 0.717) is 54.7 Å². The molecule has 0 aliphatic carbocycles. The zero-order chi connectivity index (χ0) is 27.1. The highest BCUT2D eigenvalue weighted by Gasteiger charge is 2.30. The Morgan fingerprint density at radius 1 is 0.947 bits per heavy atom. The second kappa shape index (κ2) is 12.5. The molecule has 0 spiro atoms. The van der Waals surface area contributed by atoms with Gasteiger partial charge in [-0.2, -0.15) is 13.2 Å². The SMILES string of the molecule is COc1ccc(NC(=O)N2CCN(CC(OCc3ccc(C(F)(F)F)cc3)c3ccc(Cl)cc3)CC2)cc1. The average Bonchev–Trinajstić information content (AvgIpc) is 2.92. The lowest BCUT2D eigenvalue weighted by Gasteiger charge is -2.36. The molecule has 1 fully saturated rings. The number of nitrogens with zero attached hydrogens (tertiary/aromatic N) is 2. The maximum Gasteiger partial charge on any atom is 0.416 e. The van der Waals surface area contributed by atoms with Gasteiger partial charge in [0.05, 0.1) is 25.4 Å². The summed E-state index contributed by atoms with van der Waals surface area (Å²) in [5, 5.41) is 3.51. The lowest BCUT2D eigenvalue weighted by Crippen LogP contribution is -2.50. The third kappa shape index (κ3) is 7.63. The number of ether oxygens (including phenoxy) is 2. The summed E-state index contributed by atoms with van der Waals surface area (Å²) in [6, 6.07) is 19.3. The predicted octanol–water partition coefficient (Wildman–Crippen LogP) is 6.48. The van der Waals surface area contributed by atoms with E-state index in [4.69, 9.17) is 21.1 Å². The molecule has 1 aliphatic heterocycles. The zero-order valence-electron chi connectivity index (χ0n) is 20.9. The third-order valence-electron chi connectivity index (χ3n) is 6.40. The standard InChI is InChI=1S/C28H29ClF3N3O3/c1-37-25-12-10-24(11-13-25)33-27(36)35-16-14-34(15-17-35)18-26(21-4-8-23(29)9-5-21)38-19-20-2-6-22(7-3-20)28(30,31)32/h2-13,26H,14-19H2,1H3,(H,33,36). The highest BCUT2D eigenvalue weighted by Crippen LogP contribution is 2.30. The number of carbonyl (C=O) groups excluding carboxylic acids is 1. The molecule has 0 aromatic heterocycles. The van der Waals surface area contributed by atoms with Crippen LogP contribution < -0.4 is 10.1 Å². The number of benzene rings is 3. The Bertz CT molecular complexity index is 1180. The zero-order valence-corrected chi connectivity index (χ0v) is 21.6. The van der Waals surface area contributed by atoms with Gasteiger partial charge in [0.25, 0.3) is 0 Å². The van der Waals surface area contributed by atoms with Gasteiger partial charge in [0.2, 0.25) is 0 Å². The number of halogens is 4. The van der Waals surface area contributed by atoms with E-state index in [0.717, 1.165) is 17.7 Å². The summed E-state index contributed by atoms with van der Waals surface area (Å²) in [5.41, 5.74) is 1.57. The number of alkyl halides is 3. The van der Waals surface area contributed by atoms with E-state index in [1.807, 2.05) is 12.1 Å². The number of methoxy groups -OCH3 is 1. The molecule has 1 atom stereocenters. The number of carbonyl (C=O) groups is 1. The number of hydrogen-bond acceptors (Lipinski definition) is 4. The van der Waals surface area contributed by atoms with Crippen molar-refractivity contribution in [3.8, 4) is 5.75 Å². The van der Waals surface area contributed by atoms with E-state index in [1.165, 1.54) is 12.1 Å². The van der Waals surface area contributed by atoms with Gasteiger partial charge in [-0.15, -0.1) is 0 Å². The molecule has 1 N–H and O–H groups in total. The molecule has 1 saturated heterocycles. The Balaban J connectivity index is 1.34. The molecule has 3 aromatic rings. The molecule has 2 amide bonds. The molecule has 6 nitrogen and oxygen atoms in total. The Hall–Kier alpha value is -3.27. The van der Waals surface area contributed by atoms with Crippen molar-refractivity contribution in [3.05, 3.63) is 94.5 Å². The van der Waals surface area contributed by atoms with Gasteiger partial charge in [-0.3, -0.25) is 4.90 Å². The first-order valence-electron chi connectivity index (χ1n) is 12.2. The van der Waals surface area contributed by atoms with E-state index < -0.39 is 11.7 Å². The molecule has 0 bridgehead atoms. The fourth-order valence-electron chi connectivity index (χ4n) is 4.16. The quantitative estimate of drug-likeness (QED) is 0.351. The van der Waals surface area contributed by atoms with E-state index in [9.17, 15) is 18.0 Å². The smallest absolute Gasteiger partial charge is 0.416 e. The summed E-state index contributed by atoms with van der Waals surface area (Å²) in [6.45, 7) is 3.14. The van der Waals surface area contributed by atoms with Crippen LogP contribution in [-0.4, -0.2) is 55.7 Å². The van der Waals surface area contributed by atoms with Crippen molar-refractivity contribution in [1.29, 1.82) is 0 Å². The van der Waals surface area contributed by atoms with Crippen LogP contribution in [0.2, 0.25) is 5.02 Å². The maximum atomic E-state index is 12.9. The molecule has 0 saturated carbocycles. The Labute approximate surface area is 224 Å². The lowest BCUT2D eigenvalue weighted by atomic mass is 10.1. The second-order valence-electron chi connectivity index (χ2n) is 8.99. The summed E-state index contributed by atoms with van der Waals surface area (Å²) in [6.07, 6.45) is -4.70. The molecule has 38 heavy (non-hydrogen) atoms. The number of rotatable bonds is 8. The number of hydrogen-bond donors (Lipinski definition) is 1. The van der Waals surface area contributed by atoms with Crippen LogP contribution in [-0.2, 0) is 17.5 Å². The van der Waals surface area contributed by atoms with Crippen molar-refractivity contribution >= 4 is 23.3 Å². The predicted molar refractivity (Wildman–Crippen MR) is 140 cm³/mol. The fourth-order valence-corrected chi connectivity index (χ4v) is 4.29. The van der Waals surface area contributed by atoms with Gasteiger partial charge >= 0.3 is 12.2 Å².